The number of esters is 1. The first-order valence-corrected chi connectivity index (χ1v) is 7.95. The molecule has 24 heavy (non-hydrogen) atoms. The third-order valence-electron chi connectivity index (χ3n) is 2.83. The van der Waals surface area contributed by atoms with Gasteiger partial charge in [-0.05, 0) is 32.9 Å². The molecule has 0 aliphatic rings. The Balaban J connectivity index is 2.65. The van der Waals surface area contributed by atoms with E-state index in [1.165, 1.54) is 24.1 Å². The molecule has 1 aromatic rings. The lowest BCUT2D eigenvalue weighted by molar-refractivity contribution is 0.0216. The van der Waals surface area contributed by atoms with Crippen molar-refractivity contribution in [3.8, 4) is 5.75 Å². The quantitative estimate of drug-likeness (QED) is 0.724. The predicted molar refractivity (Wildman–Crippen MR) is 92.2 cm³/mol. The van der Waals surface area contributed by atoms with E-state index in [-0.39, 0.29) is 34.5 Å². The van der Waals surface area contributed by atoms with E-state index in [1.54, 1.807) is 27.8 Å². The molecule has 0 spiro atoms. The van der Waals surface area contributed by atoms with Crippen molar-refractivity contribution in [1.82, 2.24) is 4.90 Å². The Hall–Kier alpha value is -1.66. The monoisotopic (exact) mass is 377 g/mol. The Labute approximate surface area is 151 Å². The fraction of sp³-hybridized carbons (Fsp3) is 0.500. The molecule has 0 heterocycles. The van der Waals surface area contributed by atoms with E-state index in [1.807, 2.05) is 0 Å². The molecule has 0 saturated heterocycles. The standard InChI is InChI=1S/C16H21Cl2NO5/c1-16(2,3)24-15(21)19(4)8-9-23-14(20)12-10(17)6-7-11(18)13(12)22-5/h6-7H,8-9H2,1-5H3. The molecule has 0 N–H and O–H groups in total. The van der Waals surface area contributed by atoms with Gasteiger partial charge >= 0.3 is 12.1 Å². The number of hydrogen-bond donors (Lipinski definition) is 0. The van der Waals surface area contributed by atoms with Gasteiger partial charge in [-0.2, -0.15) is 0 Å². The normalized spacial score (nSPS) is 11.0. The molecule has 0 aliphatic heterocycles. The smallest absolute Gasteiger partial charge is 0.410 e. The second-order valence-electron chi connectivity index (χ2n) is 5.98. The number of methoxy groups -OCH3 is 1. The summed E-state index contributed by atoms with van der Waals surface area (Å²) in [6.45, 7) is 5.45. The maximum Gasteiger partial charge on any atom is 0.410 e. The summed E-state index contributed by atoms with van der Waals surface area (Å²) in [5, 5.41) is 0.418. The number of likely N-dealkylation sites (N-methyl/N-ethyl adjacent to an activating group) is 1. The Kier molecular flexibility index (Phi) is 7.17. The maximum absolute atomic E-state index is 12.2. The van der Waals surface area contributed by atoms with Gasteiger partial charge in [0.15, 0.2) is 5.75 Å². The maximum atomic E-state index is 12.2. The van der Waals surface area contributed by atoms with Gasteiger partial charge in [0.25, 0.3) is 0 Å². The number of benzene rings is 1. The molecule has 134 valence electrons. The van der Waals surface area contributed by atoms with E-state index in [0.29, 0.717) is 0 Å². The van der Waals surface area contributed by atoms with Crippen molar-refractivity contribution in [2.24, 2.45) is 0 Å². The predicted octanol–water partition coefficient (Wildman–Crippen LogP) is 4.03. The van der Waals surface area contributed by atoms with E-state index >= 15 is 0 Å². The molecule has 0 unspecified atom stereocenters. The van der Waals surface area contributed by atoms with Crippen molar-refractivity contribution >= 4 is 35.3 Å². The molecule has 0 saturated carbocycles. The van der Waals surface area contributed by atoms with Gasteiger partial charge in [-0.1, -0.05) is 23.2 Å². The first-order valence-electron chi connectivity index (χ1n) is 7.20. The summed E-state index contributed by atoms with van der Waals surface area (Å²) in [4.78, 5) is 25.3. The van der Waals surface area contributed by atoms with Crippen LogP contribution in [0.1, 0.15) is 31.1 Å². The second kappa shape index (κ2) is 8.44. The Morgan fingerprint density at radius 3 is 2.29 bits per heavy atom. The van der Waals surface area contributed by atoms with Crippen LogP contribution in [0.25, 0.3) is 0 Å². The zero-order valence-electron chi connectivity index (χ0n) is 14.3. The zero-order valence-corrected chi connectivity index (χ0v) is 15.8. The van der Waals surface area contributed by atoms with E-state index in [0.717, 1.165) is 0 Å². The van der Waals surface area contributed by atoms with Crippen molar-refractivity contribution < 1.29 is 23.8 Å². The van der Waals surface area contributed by atoms with Crippen LogP contribution in [0.2, 0.25) is 10.0 Å². The van der Waals surface area contributed by atoms with Crippen molar-refractivity contribution in [2.45, 2.75) is 26.4 Å². The van der Waals surface area contributed by atoms with Crippen molar-refractivity contribution in [3.63, 3.8) is 0 Å². The molecule has 0 atom stereocenters. The summed E-state index contributed by atoms with van der Waals surface area (Å²) in [6, 6.07) is 3.01. The zero-order chi connectivity index (χ0) is 18.5. The number of nitrogens with zero attached hydrogens (tertiary/aromatic N) is 1. The van der Waals surface area contributed by atoms with Gasteiger partial charge in [0, 0.05) is 7.05 Å². The molecule has 8 heteroatoms. The summed E-state index contributed by atoms with van der Waals surface area (Å²) in [7, 11) is 2.93. The average Bonchev–Trinajstić information content (AvgIpc) is 2.47. The van der Waals surface area contributed by atoms with Crippen LogP contribution in [-0.2, 0) is 9.47 Å². The SMILES string of the molecule is COc1c(Cl)ccc(Cl)c1C(=O)OCCN(C)C(=O)OC(C)(C)C. The van der Waals surface area contributed by atoms with Gasteiger partial charge in [0.05, 0.1) is 23.7 Å². The molecule has 1 rings (SSSR count). The molecule has 1 aromatic carbocycles. The van der Waals surface area contributed by atoms with Crippen molar-refractivity contribution in [1.29, 1.82) is 0 Å². The van der Waals surface area contributed by atoms with Crippen LogP contribution in [0.15, 0.2) is 12.1 Å². The highest BCUT2D eigenvalue weighted by atomic mass is 35.5. The molecule has 6 nitrogen and oxygen atoms in total. The lowest BCUT2D eigenvalue weighted by Crippen LogP contribution is -2.36. The topological polar surface area (TPSA) is 65.1 Å². The number of hydrogen-bond acceptors (Lipinski definition) is 5. The minimum absolute atomic E-state index is 0.0272. The van der Waals surface area contributed by atoms with Crippen LogP contribution in [0.5, 0.6) is 5.75 Å². The molecular formula is C16H21Cl2NO5. The van der Waals surface area contributed by atoms with E-state index < -0.39 is 17.7 Å². The molecule has 0 aliphatic carbocycles. The van der Waals surface area contributed by atoms with E-state index in [2.05, 4.69) is 0 Å². The summed E-state index contributed by atoms with van der Waals surface area (Å²) in [5.41, 5.74) is -0.546. The first-order chi connectivity index (χ1) is 11.1. The highest BCUT2D eigenvalue weighted by Gasteiger charge is 2.22. The van der Waals surface area contributed by atoms with Gasteiger partial charge in [-0.25, -0.2) is 9.59 Å². The minimum Gasteiger partial charge on any atom is -0.494 e. The van der Waals surface area contributed by atoms with Crippen LogP contribution < -0.4 is 4.74 Å². The van der Waals surface area contributed by atoms with Gasteiger partial charge in [-0.3, -0.25) is 0 Å². The van der Waals surface area contributed by atoms with Crippen LogP contribution >= 0.6 is 23.2 Å². The number of carbonyl (C=O) groups excluding carboxylic acids is 2. The fourth-order valence-electron chi connectivity index (χ4n) is 1.70. The number of ether oxygens (including phenoxy) is 3. The van der Waals surface area contributed by atoms with Crippen molar-refractivity contribution in [2.75, 3.05) is 27.3 Å². The van der Waals surface area contributed by atoms with Crippen LogP contribution in [0.3, 0.4) is 0 Å². The van der Waals surface area contributed by atoms with Crippen LogP contribution in [-0.4, -0.2) is 49.9 Å². The van der Waals surface area contributed by atoms with Gasteiger partial charge in [-0.15, -0.1) is 0 Å². The van der Waals surface area contributed by atoms with Gasteiger partial charge < -0.3 is 19.1 Å². The molecular weight excluding hydrogens is 357 g/mol. The van der Waals surface area contributed by atoms with E-state index in [4.69, 9.17) is 37.4 Å². The van der Waals surface area contributed by atoms with Gasteiger partial charge in [0.2, 0.25) is 0 Å². The summed E-state index contributed by atoms with van der Waals surface area (Å²) in [5.74, 6) is -0.536. The number of amides is 1. The average molecular weight is 378 g/mol. The lowest BCUT2D eigenvalue weighted by Gasteiger charge is -2.24. The van der Waals surface area contributed by atoms with Crippen LogP contribution in [0.4, 0.5) is 4.79 Å². The Morgan fingerprint density at radius 2 is 1.75 bits per heavy atom. The third kappa shape index (κ3) is 5.76. The van der Waals surface area contributed by atoms with Gasteiger partial charge in [0.1, 0.15) is 17.8 Å². The molecule has 0 bridgehead atoms. The Morgan fingerprint density at radius 1 is 1.17 bits per heavy atom. The van der Waals surface area contributed by atoms with Crippen molar-refractivity contribution in [3.05, 3.63) is 27.7 Å². The number of carbonyl (C=O) groups is 2. The summed E-state index contributed by atoms with van der Waals surface area (Å²) in [6.07, 6.45) is -0.503. The molecule has 0 radical (unpaired) electrons. The lowest BCUT2D eigenvalue weighted by atomic mass is 10.2. The molecule has 0 fully saturated rings. The minimum atomic E-state index is -0.683. The fourth-order valence-corrected chi connectivity index (χ4v) is 2.16. The summed E-state index contributed by atoms with van der Waals surface area (Å²) < 4.78 is 15.4. The second-order valence-corrected chi connectivity index (χ2v) is 6.79. The third-order valence-corrected chi connectivity index (χ3v) is 3.44. The largest absolute Gasteiger partial charge is 0.494 e. The number of rotatable bonds is 5. The summed E-state index contributed by atoms with van der Waals surface area (Å²) >= 11 is 12.0. The Bertz CT molecular complexity index is 613. The molecule has 1 amide bonds. The first kappa shape index (κ1) is 20.4. The van der Waals surface area contributed by atoms with E-state index in [9.17, 15) is 9.59 Å². The molecule has 0 aromatic heterocycles. The van der Waals surface area contributed by atoms with Crippen LogP contribution in [0, 0.1) is 0 Å². The highest BCUT2D eigenvalue weighted by molar-refractivity contribution is 6.37. The number of halogens is 2. The highest BCUT2D eigenvalue weighted by Crippen LogP contribution is 2.34.